The van der Waals surface area contributed by atoms with Crippen molar-refractivity contribution in [3.05, 3.63) is 39.4 Å². The fraction of sp³-hybridized carbons (Fsp3) is 0.516. The SMILES string of the molecule is COc1c(C)cc2c(c1O)[C@H]1C3[C@@H]4SCC(=O)C(=O)OCC(c5c6c(c(C)c(OC(C)=O)c54)OCO6)N3C(C)(C2)CN1C. The minimum Gasteiger partial charge on any atom is -0.504 e. The number of phenols is 1. The number of likely N-dealkylation sites (N-methyl/N-ethyl adjacent to an activating group) is 1. The molecule has 2 aromatic carbocycles. The van der Waals surface area contributed by atoms with E-state index in [4.69, 9.17) is 23.7 Å². The molecule has 6 aliphatic rings. The van der Waals surface area contributed by atoms with Gasteiger partial charge in [0.05, 0.1) is 30.2 Å². The van der Waals surface area contributed by atoms with Gasteiger partial charge in [-0.3, -0.25) is 19.4 Å². The van der Waals surface area contributed by atoms with E-state index in [0.717, 1.165) is 27.8 Å². The van der Waals surface area contributed by atoms with Crippen LogP contribution in [0.3, 0.4) is 0 Å². The molecule has 0 aliphatic carbocycles. The van der Waals surface area contributed by atoms with Crippen molar-refractivity contribution in [2.45, 2.75) is 63.0 Å². The van der Waals surface area contributed by atoms with Crippen molar-refractivity contribution in [2.24, 2.45) is 0 Å². The van der Waals surface area contributed by atoms with Gasteiger partial charge in [0.15, 0.2) is 23.0 Å². The number of thioether (sulfide) groups is 1. The van der Waals surface area contributed by atoms with Crippen molar-refractivity contribution >= 4 is 29.5 Å². The highest BCUT2D eigenvalue weighted by molar-refractivity contribution is 8.00. The summed E-state index contributed by atoms with van der Waals surface area (Å²) >= 11 is 1.32. The van der Waals surface area contributed by atoms with E-state index in [1.165, 1.54) is 18.7 Å². The number of Topliss-reactive ketones (excluding diaryl/α,β-unsaturated/α-hetero) is 1. The monoisotopic (exact) mass is 610 g/mol. The smallest absolute Gasteiger partial charge is 0.375 e. The lowest BCUT2D eigenvalue weighted by atomic mass is 9.76. The number of rotatable bonds is 2. The van der Waals surface area contributed by atoms with E-state index in [-0.39, 0.29) is 37.0 Å². The van der Waals surface area contributed by atoms with Gasteiger partial charge in [0.1, 0.15) is 12.4 Å². The summed E-state index contributed by atoms with van der Waals surface area (Å²) in [6.45, 7) is 7.83. The Morgan fingerprint density at radius 3 is 2.58 bits per heavy atom. The molecular formula is C31H34N2O9S. The Kier molecular flexibility index (Phi) is 6.43. The first-order valence-corrected chi connectivity index (χ1v) is 15.4. The van der Waals surface area contributed by atoms with Crippen molar-refractivity contribution in [3.8, 4) is 28.7 Å². The molecule has 2 aromatic rings. The predicted molar refractivity (Wildman–Crippen MR) is 155 cm³/mol. The third-order valence-corrected chi connectivity index (χ3v) is 10.8. The van der Waals surface area contributed by atoms with Gasteiger partial charge in [-0.05, 0) is 45.4 Å². The molecule has 6 atom stereocenters. The first-order valence-electron chi connectivity index (χ1n) is 14.3. The Bertz CT molecular complexity index is 1610. The molecule has 43 heavy (non-hydrogen) atoms. The number of hydrogen-bond acceptors (Lipinski definition) is 12. The summed E-state index contributed by atoms with van der Waals surface area (Å²) in [5, 5.41) is 11.3. The number of ketones is 1. The molecule has 2 saturated heterocycles. The van der Waals surface area contributed by atoms with Crippen LogP contribution in [0.25, 0.3) is 0 Å². The van der Waals surface area contributed by atoms with Crippen molar-refractivity contribution in [1.82, 2.24) is 9.80 Å². The number of nitrogens with zero attached hydrogens (tertiary/aromatic N) is 2. The van der Waals surface area contributed by atoms with Crippen LogP contribution in [0.4, 0.5) is 0 Å². The van der Waals surface area contributed by atoms with Crippen molar-refractivity contribution in [2.75, 3.05) is 39.9 Å². The zero-order chi connectivity index (χ0) is 30.5. The van der Waals surface area contributed by atoms with Crippen LogP contribution in [0, 0.1) is 13.8 Å². The first-order chi connectivity index (χ1) is 20.5. The Hall–Kier alpha value is -3.48. The molecule has 2 fully saturated rings. The number of fused-ring (bicyclic) bond motifs is 6. The molecule has 11 nitrogen and oxygen atoms in total. The van der Waals surface area contributed by atoms with Crippen LogP contribution in [-0.2, 0) is 25.5 Å². The molecule has 1 N–H and O–H groups in total. The van der Waals surface area contributed by atoms with E-state index in [2.05, 4.69) is 22.8 Å². The van der Waals surface area contributed by atoms with Gasteiger partial charge in [0.25, 0.3) is 0 Å². The summed E-state index contributed by atoms with van der Waals surface area (Å²) in [6.07, 6.45) is 0.608. The highest BCUT2D eigenvalue weighted by atomic mass is 32.2. The van der Waals surface area contributed by atoms with Gasteiger partial charge >= 0.3 is 11.9 Å². The van der Waals surface area contributed by atoms with Gasteiger partial charge in [-0.25, -0.2) is 4.79 Å². The number of benzene rings is 2. The fourth-order valence-corrected chi connectivity index (χ4v) is 9.57. The molecule has 0 aromatic heterocycles. The maximum Gasteiger partial charge on any atom is 0.375 e. The zero-order valence-corrected chi connectivity index (χ0v) is 25.8. The third-order valence-electron chi connectivity index (χ3n) is 9.55. The van der Waals surface area contributed by atoms with Crippen molar-refractivity contribution in [1.29, 1.82) is 0 Å². The number of cyclic esters (lactones) is 1. The van der Waals surface area contributed by atoms with Crippen LogP contribution in [0.2, 0.25) is 0 Å². The number of carbonyl (C=O) groups excluding carboxylic acids is 3. The number of aromatic hydroxyl groups is 1. The highest BCUT2D eigenvalue weighted by Crippen LogP contribution is 2.65. The number of phenolic OH excluding ortho intramolecular Hbond substituents is 1. The second-order valence-corrected chi connectivity index (χ2v) is 13.4. The molecule has 4 unspecified atom stereocenters. The largest absolute Gasteiger partial charge is 0.504 e. The lowest BCUT2D eigenvalue weighted by Crippen LogP contribution is -2.68. The third kappa shape index (κ3) is 3.92. The molecule has 0 radical (unpaired) electrons. The van der Waals surface area contributed by atoms with Gasteiger partial charge in [-0.1, -0.05) is 6.07 Å². The Morgan fingerprint density at radius 2 is 1.86 bits per heavy atom. The van der Waals surface area contributed by atoms with E-state index in [0.29, 0.717) is 41.5 Å². The second-order valence-electron chi connectivity index (χ2n) is 12.3. The van der Waals surface area contributed by atoms with E-state index in [9.17, 15) is 19.5 Å². The van der Waals surface area contributed by atoms with E-state index in [1.54, 1.807) is 7.11 Å². The number of methoxy groups -OCH3 is 1. The number of ether oxygens (including phenoxy) is 5. The van der Waals surface area contributed by atoms with E-state index in [1.807, 2.05) is 20.9 Å². The molecule has 0 saturated carbocycles. The molecule has 8 rings (SSSR count). The van der Waals surface area contributed by atoms with E-state index >= 15 is 0 Å². The predicted octanol–water partition coefficient (Wildman–Crippen LogP) is 3.30. The Morgan fingerprint density at radius 1 is 1.12 bits per heavy atom. The maximum absolute atomic E-state index is 12.9. The average Bonchev–Trinajstić information content (AvgIpc) is 3.36. The summed E-state index contributed by atoms with van der Waals surface area (Å²) in [6, 6.07) is 0.864. The van der Waals surface area contributed by atoms with Gasteiger partial charge < -0.3 is 28.8 Å². The summed E-state index contributed by atoms with van der Waals surface area (Å²) in [5.41, 5.74) is 4.22. The minimum absolute atomic E-state index is 0.000610. The standard InChI is InChI=1S/C31H34N2O9S/c1-13-7-16-8-31(4)11-32(5)22(19(16)24(36)25(13)38-6)23-29-21-20(17(33(23)31)9-39-30(37)18(35)10-43-29)28-27(40-12-41-28)14(2)26(21)42-15(3)34/h7,17,22-23,29,36H,8-12H2,1-6H3/t17?,22-,23?,29+,31?/m0/s1. The van der Waals surface area contributed by atoms with E-state index < -0.39 is 34.6 Å². The Balaban J connectivity index is 1.57. The normalized spacial score (nSPS) is 30.6. The lowest BCUT2D eigenvalue weighted by Gasteiger charge is -2.61. The number of hydrogen-bond donors (Lipinski definition) is 1. The van der Waals surface area contributed by atoms with Crippen molar-refractivity contribution in [3.63, 3.8) is 0 Å². The van der Waals surface area contributed by atoms with Gasteiger partial charge in [0, 0.05) is 47.3 Å². The van der Waals surface area contributed by atoms with Gasteiger partial charge in [0.2, 0.25) is 12.6 Å². The molecule has 6 aliphatic heterocycles. The topological polar surface area (TPSA) is 124 Å². The molecule has 228 valence electrons. The quantitative estimate of drug-likeness (QED) is 0.305. The molecule has 4 bridgehead atoms. The lowest BCUT2D eigenvalue weighted by molar-refractivity contribution is -0.158. The highest BCUT2D eigenvalue weighted by Gasteiger charge is 2.61. The van der Waals surface area contributed by atoms with Crippen molar-refractivity contribution < 1.29 is 43.2 Å². The summed E-state index contributed by atoms with van der Waals surface area (Å²) in [4.78, 5) is 42.9. The van der Waals surface area contributed by atoms with Gasteiger partial charge in [-0.2, -0.15) is 0 Å². The van der Waals surface area contributed by atoms with Gasteiger partial charge in [-0.15, -0.1) is 11.8 Å². The first kappa shape index (κ1) is 28.3. The molecule has 0 amide bonds. The van der Waals surface area contributed by atoms with Crippen LogP contribution in [0.5, 0.6) is 28.7 Å². The van der Waals surface area contributed by atoms with Crippen LogP contribution in [0.15, 0.2) is 6.07 Å². The number of piperazine rings is 1. The van der Waals surface area contributed by atoms with Crippen LogP contribution < -0.4 is 18.9 Å². The second kappa shape index (κ2) is 9.76. The maximum atomic E-state index is 12.9. The summed E-state index contributed by atoms with van der Waals surface area (Å²) < 4.78 is 29.3. The number of carbonyl (C=O) groups is 3. The zero-order valence-electron chi connectivity index (χ0n) is 24.9. The van der Waals surface area contributed by atoms with Crippen LogP contribution >= 0.6 is 11.8 Å². The molecule has 0 spiro atoms. The average molecular weight is 611 g/mol. The fourth-order valence-electron chi connectivity index (χ4n) is 8.24. The Labute approximate surface area is 253 Å². The minimum atomic E-state index is -0.872. The van der Waals surface area contributed by atoms with Crippen LogP contribution in [-0.4, -0.2) is 84.1 Å². The number of aryl methyl sites for hydroxylation is 1. The molecule has 6 heterocycles. The summed E-state index contributed by atoms with van der Waals surface area (Å²) in [5.74, 6) is -0.198. The molecular weight excluding hydrogens is 576 g/mol. The number of esters is 2. The molecule has 12 heteroatoms. The summed E-state index contributed by atoms with van der Waals surface area (Å²) in [7, 11) is 3.59. The van der Waals surface area contributed by atoms with Crippen LogP contribution in [0.1, 0.15) is 64.6 Å².